The van der Waals surface area contributed by atoms with Gasteiger partial charge in [-0.2, -0.15) is 4.31 Å². The molecular formula is C27H28N4O3S2. The summed E-state index contributed by atoms with van der Waals surface area (Å²) in [6.45, 7) is 4.92. The second-order valence-electron chi connectivity index (χ2n) is 9.19. The molecule has 7 nitrogen and oxygen atoms in total. The van der Waals surface area contributed by atoms with Gasteiger partial charge in [-0.05, 0) is 68.1 Å². The van der Waals surface area contributed by atoms with Crippen LogP contribution in [0.1, 0.15) is 29.7 Å². The summed E-state index contributed by atoms with van der Waals surface area (Å²) in [5.41, 5.74) is 3.86. The van der Waals surface area contributed by atoms with Crippen molar-refractivity contribution >= 4 is 42.6 Å². The number of hydrogen-bond donors (Lipinski definition) is 0. The van der Waals surface area contributed by atoms with Crippen LogP contribution < -0.4 is 4.90 Å². The van der Waals surface area contributed by atoms with Crippen molar-refractivity contribution in [3.63, 3.8) is 0 Å². The molecule has 0 aliphatic carbocycles. The SMILES string of the molecule is Cc1cc(C)c2sc(N(Cc3ccccn3)C(=O)C3CCCN(S(=O)(=O)c4ccccc4)C3)nc2c1. The number of pyridine rings is 1. The fourth-order valence-electron chi connectivity index (χ4n) is 4.70. The Balaban J connectivity index is 1.47. The molecule has 0 bridgehead atoms. The Morgan fingerprint density at radius 3 is 2.64 bits per heavy atom. The number of carbonyl (C=O) groups is 1. The van der Waals surface area contributed by atoms with E-state index >= 15 is 0 Å². The molecule has 5 rings (SSSR count). The van der Waals surface area contributed by atoms with Crippen molar-refractivity contribution < 1.29 is 13.2 Å². The van der Waals surface area contributed by atoms with Crippen LogP contribution in [0.2, 0.25) is 0 Å². The maximum atomic E-state index is 14.0. The van der Waals surface area contributed by atoms with Crippen molar-refractivity contribution in [1.82, 2.24) is 14.3 Å². The zero-order chi connectivity index (χ0) is 25.3. The molecule has 0 saturated carbocycles. The third kappa shape index (κ3) is 4.91. The predicted molar refractivity (Wildman–Crippen MR) is 142 cm³/mol. The van der Waals surface area contributed by atoms with Crippen LogP contribution in [0.4, 0.5) is 5.13 Å². The van der Waals surface area contributed by atoms with Crippen molar-refractivity contribution in [1.29, 1.82) is 0 Å². The van der Waals surface area contributed by atoms with Crippen molar-refractivity contribution in [2.75, 3.05) is 18.0 Å². The number of sulfonamides is 1. The van der Waals surface area contributed by atoms with Gasteiger partial charge in [0, 0.05) is 19.3 Å². The Bertz CT molecular complexity index is 1490. The summed E-state index contributed by atoms with van der Waals surface area (Å²) in [5.74, 6) is -0.585. The quantitative estimate of drug-likeness (QED) is 0.360. The minimum absolute atomic E-state index is 0.123. The topological polar surface area (TPSA) is 83.5 Å². The summed E-state index contributed by atoms with van der Waals surface area (Å²) < 4.78 is 29.0. The van der Waals surface area contributed by atoms with Crippen molar-refractivity contribution in [2.24, 2.45) is 5.92 Å². The zero-order valence-corrected chi connectivity index (χ0v) is 21.9. The van der Waals surface area contributed by atoms with E-state index in [9.17, 15) is 13.2 Å². The normalized spacial score (nSPS) is 16.8. The molecule has 1 saturated heterocycles. The molecule has 2 aromatic heterocycles. The molecule has 1 fully saturated rings. The molecule has 1 unspecified atom stereocenters. The fourth-order valence-corrected chi connectivity index (χ4v) is 7.26. The lowest BCUT2D eigenvalue weighted by Gasteiger charge is -2.33. The predicted octanol–water partition coefficient (Wildman–Crippen LogP) is 4.94. The smallest absolute Gasteiger partial charge is 0.243 e. The Hall–Kier alpha value is -3.14. The fraction of sp³-hybridized carbons (Fsp3) is 0.296. The highest BCUT2D eigenvalue weighted by Gasteiger charge is 2.36. The number of amides is 1. The van der Waals surface area contributed by atoms with Crippen LogP contribution in [0.5, 0.6) is 0 Å². The van der Waals surface area contributed by atoms with E-state index in [-0.39, 0.29) is 23.9 Å². The maximum Gasteiger partial charge on any atom is 0.243 e. The molecule has 0 N–H and O–H groups in total. The number of aromatic nitrogens is 2. The number of benzene rings is 2. The monoisotopic (exact) mass is 520 g/mol. The van der Waals surface area contributed by atoms with Crippen LogP contribution in [0.25, 0.3) is 10.2 Å². The minimum atomic E-state index is -3.67. The number of rotatable bonds is 6. The molecule has 36 heavy (non-hydrogen) atoms. The number of hydrogen-bond acceptors (Lipinski definition) is 6. The highest BCUT2D eigenvalue weighted by Crippen LogP contribution is 2.34. The molecule has 0 spiro atoms. The van der Waals surface area contributed by atoms with E-state index in [2.05, 4.69) is 18.0 Å². The van der Waals surface area contributed by atoms with Crippen LogP contribution >= 0.6 is 11.3 Å². The number of piperidine rings is 1. The van der Waals surface area contributed by atoms with Crippen molar-refractivity contribution in [3.8, 4) is 0 Å². The van der Waals surface area contributed by atoms with E-state index in [0.29, 0.717) is 24.5 Å². The van der Waals surface area contributed by atoms with E-state index in [1.807, 2.05) is 31.2 Å². The molecule has 1 aliphatic rings. The molecular weight excluding hydrogens is 492 g/mol. The summed E-state index contributed by atoms with van der Waals surface area (Å²) in [7, 11) is -3.67. The first kappa shape index (κ1) is 24.5. The van der Waals surface area contributed by atoms with Gasteiger partial charge in [0.05, 0.1) is 33.3 Å². The van der Waals surface area contributed by atoms with Gasteiger partial charge in [0.2, 0.25) is 15.9 Å². The standard InChI is InChI=1S/C27H28N4O3S2/c1-19-15-20(2)25-24(16-19)29-27(35-25)31(18-22-10-6-7-13-28-22)26(32)21-9-8-14-30(17-21)36(33,34)23-11-4-3-5-12-23/h3-7,10-13,15-16,21H,8-9,14,17-18H2,1-2H3. The number of anilines is 1. The van der Waals surface area contributed by atoms with E-state index in [0.717, 1.165) is 27.0 Å². The van der Waals surface area contributed by atoms with Gasteiger partial charge in [0.1, 0.15) is 0 Å². The van der Waals surface area contributed by atoms with Crippen LogP contribution in [-0.2, 0) is 21.4 Å². The van der Waals surface area contributed by atoms with E-state index < -0.39 is 15.9 Å². The van der Waals surface area contributed by atoms with E-state index in [1.54, 1.807) is 41.4 Å². The molecule has 0 radical (unpaired) electrons. The largest absolute Gasteiger partial charge is 0.282 e. The van der Waals surface area contributed by atoms with Crippen LogP contribution in [0.15, 0.2) is 71.8 Å². The number of nitrogens with zero attached hydrogens (tertiary/aromatic N) is 4. The van der Waals surface area contributed by atoms with Gasteiger partial charge in [0.25, 0.3) is 0 Å². The summed E-state index contributed by atoms with van der Waals surface area (Å²) >= 11 is 1.49. The summed E-state index contributed by atoms with van der Waals surface area (Å²) in [5, 5.41) is 0.609. The first-order chi connectivity index (χ1) is 17.3. The Kier molecular flexibility index (Phi) is 6.87. The van der Waals surface area contributed by atoms with Gasteiger partial charge < -0.3 is 0 Å². The van der Waals surface area contributed by atoms with Gasteiger partial charge >= 0.3 is 0 Å². The first-order valence-corrected chi connectivity index (χ1v) is 14.2. The second kappa shape index (κ2) is 10.1. The molecule has 186 valence electrons. The lowest BCUT2D eigenvalue weighted by atomic mass is 9.98. The van der Waals surface area contributed by atoms with E-state index in [1.165, 1.54) is 15.6 Å². The van der Waals surface area contributed by atoms with Crippen molar-refractivity contribution in [2.45, 2.75) is 38.1 Å². The highest BCUT2D eigenvalue weighted by atomic mass is 32.2. The average molecular weight is 521 g/mol. The molecule has 1 amide bonds. The van der Waals surface area contributed by atoms with Crippen LogP contribution in [-0.4, -0.2) is 41.7 Å². The second-order valence-corrected chi connectivity index (χ2v) is 12.1. The van der Waals surface area contributed by atoms with Gasteiger partial charge in [-0.25, -0.2) is 13.4 Å². The van der Waals surface area contributed by atoms with Gasteiger partial charge in [0.15, 0.2) is 5.13 Å². The van der Waals surface area contributed by atoms with Crippen molar-refractivity contribution in [3.05, 3.63) is 83.7 Å². The highest BCUT2D eigenvalue weighted by molar-refractivity contribution is 7.89. The Morgan fingerprint density at radius 1 is 1.11 bits per heavy atom. The van der Waals surface area contributed by atoms with Crippen LogP contribution in [0, 0.1) is 19.8 Å². The number of carbonyl (C=O) groups excluding carboxylic acids is 1. The molecule has 2 aromatic carbocycles. The molecule has 4 aromatic rings. The first-order valence-electron chi connectivity index (χ1n) is 12.0. The molecule has 3 heterocycles. The zero-order valence-electron chi connectivity index (χ0n) is 20.3. The van der Waals surface area contributed by atoms with E-state index in [4.69, 9.17) is 4.98 Å². The summed E-state index contributed by atoms with van der Waals surface area (Å²) in [6, 6.07) is 18.2. The molecule has 1 atom stereocenters. The number of thiazole rings is 1. The average Bonchev–Trinajstić information content (AvgIpc) is 3.32. The summed E-state index contributed by atoms with van der Waals surface area (Å²) in [6.07, 6.45) is 2.96. The lowest BCUT2D eigenvalue weighted by Crippen LogP contribution is -2.46. The Morgan fingerprint density at radius 2 is 1.89 bits per heavy atom. The maximum absolute atomic E-state index is 14.0. The third-order valence-corrected chi connectivity index (χ3v) is 9.58. The number of fused-ring (bicyclic) bond motifs is 1. The third-order valence-electron chi connectivity index (χ3n) is 6.47. The summed E-state index contributed by atoms with van der Waals surface area (Å²) in [4.78, 5) is 25.2. The number of aryl methyl sites for hydroxylation is 2. The van der Waals surface area contributed by atoms with Gasteiger partial charge in [-0.1, -0.05) is 41.7 Å². The molecule has 9 heteroatoms. The van der Waals surface area contributed by atoms with Gasteiger partial charge in [-0.15, -0.1) is 0 Å². The Labute approximate surface area is 215 Å². The van der Waals surface area contributed by atoms with Crippen LogP contribution in [0.3, 0.4) is 0 Å². The molecule has 1 aliphatic heterocycles. The minimum Gasteiger partial charge on any atom is -0.282 e. The lowest BCUT2D eigenvalue weighted by molar-refractivity contribution is -0.123. The van der Waals surface area contributed by atoms with Gasteiger partial charge in [-0.3, -0.25) is 14.7 Å².